The number of aromatic nitrogens is 2. The van der Waals surface area contributed by atoms with E-state index < -0.39 is 16.1 Å². The molecule has 4 N–H and O–H groups in total. The van der Waals surface area contributed by atoms with E-state index in [0.29, 0.717) is 29.4 Å². The van der Waals surface area contributed by atoms with Crippen molar-refractivity contribution >= 4 is 21.3 Å². The predicted octanol–water partition coefficient (Wildman–Crippen LogP) is 1.84. The van der Waals surface area contributed by atoms with Gasteiger partial charge >= 0.3 is 0 Å². The summed E-state index contributed by atoms with van der Waals surface area (Å²) < 4.78 is 24.8. The first-order valence-corrected chi connectivity index (χ1v) is 10.2. The molecule has 0 saturated heterocycles. The highest BCUT2D eigenvalue weighted by molar-refractivity contribution is 7.90. The summed E-state index contributed by atoms with van der Waals surface area (Å²) in [6.45, 7) is 0. The van der Waals surface area contributed by atoms with E-state index in [1.165, 1.54) is 12.1 Å². The van der Waals surface area contributed by atoms with Gasteiger partial charge in [-0.15, -0.1) is 0 Å². The van der Waals surface area contributed by atoms with Crippen molar-refractivity contribution in [3.63, 3.8) is 0 Å². The third kappa shape index (κ3) is 4.04. The Bertz CT molecular complexity index is 924. The third-order valence-corrected chi connectivity index (χ3v) is 5.56. The number of hydrogen-bond acceptors (Lipinski definition) is 7. The highest BCUT2D eigenvalue weighted by atomic mass is 32.2. The van der Waals surface area contributed by atoms with Crippen LogP contribution in [0.5, 0.6) is 0 Å². The number of aliphatic hydroxyl groups excluding tert-OH is 1. The van der Waals surface area contributed by atoms with Gasteiger partial charge in [-0.1, -0.05) is 0 Å². The molecule has 2 aromatic rings. The lowest BCUT2D eigenvalue weighted by Crippen LogP contribution is -2.12. The maximum atomic E-state index is 11.5. The van der Waals surface area contributed by atoms with Crippen LogP contribution < -0.4 is 11.1 Å². The van der Waals surface area contributed by atoms with Gasteiger partial charge in [0.25, 0.3) is 0 Å². The van der Waals surface area contributed by atoms with Crippen LogP contribution in [0.3, 0.4) is 0 Å². The van der Waals surface area contributed by atoms with Crippen molar-refractivity contribution in [2.45, 2.75) is 36.4 Å². The lowest BCUT2D eigenvalue weighted by Gasteiger charge is -2.12. The number of benzene rings is 1. The molecular weight excluding hydrogens is 354 g/mol. The van der Waals surface area contributed by atoms with Gasteiger partial charge < -0.3 is 16.2 Å². The lowest BCUT2D eigenvalue weighted by molar-refractivity contribution is 0.186. The van der Waals surface area contributed by atoms with E-state index in [0.717, 1.165) is 19.1 Å². The summed E-state index contributed by atoms with van der Waals surface area (Å²) in [5.41, 5.74) is 6.68. The maximum Gasteiger partial charge on any atom is 0.175 e. The molecule has 1 aliphatic rings. The fourth-order valence-corrected chi connectivity index (χ4v) is 3.49. The highest BCUT2D eigenvalue weighted by Crippen LogP contribution is 2.42. The summed E-state index contributed by atoms with van der Waals surface area (Å²) in [7, 11) is -3.27. The average Bonchev–Trinajstić information content (AvgIpc) is 3.32. The minimum Gasteiger partial charge on any atom is -0.374 e. The number of anilines is 2. The normalized spacial score (nSPS) is 16.7. The van der Waals surface area contributed by atoms with Gasteiger partial charge in [-0.2, -0.15) is 10.4 Å². The van der Waals surface area contributed by atoms with Crippen molar-refractivity contribution in [2.24, 2.45) is 11.7 Å². The minimum atomic E-state index is -3.27. The summed E-state index contributed by atoms with van der Waals surface area (Å²) in [4.78, 5) is 0.218. The number of nitrogens with zero attached hydrogens (tertiary/aromatic N) is 3. The first-order valence-electron chi connectivity index (χ1n) is 8.26. The van der Waals surface area contributed by atoms with Crippen molar-refractivity contribution in [3.05, 3.63) is 36.0 Å². The summed E-state index contributed by atoms with van der Waals surface area (Å²) in [6.07, 6.45) is 4.05. The molecule has 0 bridgehead atoms. The molecule has 2 unspecified atom stereocenters. The molecule has 1 aromatic heterocycles. The smallest absolute Gasteiger partial charge is 0.175 e. The second-order valence-electron chi connectivity index (χ2n) is 6.55. The molecule has 138 valence electrons. The zero-order valence-corrected chi connectivity index (χ0v) is 15.1. The third-order valence-electron chi connectivity index (χ3n) is 4.43. The van der Waals surface area contributed by atoms with Crippen molar-refractivity contribution in [1.29, 1.82) is 5.26 Å². The van der Waals surface area contributed by atoms with E-state index in [-0.39, 0.29) is 10.9 Å². The number of rotatable bonds is 7. The molecule has 0 radical (unpaired) electrons. The first kappa shape index (κ1) is 18.4. The van der Waals surface area contributed by atoms with Crippen molar-refractivity contribution in [2.75, 3.05) is 11.6 Å². The Labute approximate surface area is 152 Å². The van der Waals surface area contributed by atoms with Gasteiger partial charge in [-0.3, -0.25) is 4.68 Å². The fraction of sp³-hybridized carbons (Fsp3) is 0.412. The SMILES string of the molecule is CS(=O)(=O)c1ccc(Nc2nn(C(CC#N)C3CC3)cc2C(N)O)cc1. The molecule has 2 atom stereocenters. The van der Waals surface area contributed by atoms with Crippen LogP contribution in [0.25, 0.3) is 0 Å². The zero-order chi connectivity index (χ0) is 18.9. The molecule has 0 spiro atoms. The summed E-state index contributed by atoms with van der Waals surface area (Å²) in [6, 6.07) is 8.38. The Kier molecular flexibility index (Phi) is 5.00. The van der Waals surface area contributed by atoms with E-state index in [4.69, 9.17) is 11.0 Å². The van der Waals surface area contributed by atoms with Crippen LogP contribution in [0, 0.1) is 17.2 Å². The van der Waals surface area contributed by atoms with Gasteiger partial charge in [-0.05, 0) is 43.0 Å². The van der Waals surface area contributed by atoms with Crippen LogP contribution in [0.2, 0.25) is 0 Å². The second-order valence-corrected chi connectivity index (χ2v) is 8.56. The topological polar surface area (TPSA) is 134 Å². The van der Waals surface area contributed by atoms with Crippen molar-refractivity contribution < 1.29 is 13.5 Å². The van der Waals surface area contributed by atoms with Crippen LogP contribution in [0.4, 0.5) is 11.5 Å². The van der Waals surface area contributed by atoms with Gasteiger partial charge in [0.2, 0.25) is 0 Å². The lowest BCUT2D eigenvalue weighted by atomic mass is 10.1. The molecule has 1 aliphatic carbocycles. The molecule has 1 heterocycles. The van der Waals surface area contributed by atoms with E-state index in [2.05, 4.69) is 16.5 Å². The maximum absolute atomic E-state index is 11.5. The summed E-state index contributed by atoms with van der Waals surface area (Å²) in [5, 5.41) is 26.4. The van der Waals surface area contributed by atoms with Crippen LogP contribution in [-0.2, 0) is 9.84 Å². The Morgan fingerprint density at radius 1 is 1.42 bits per heavy atom. The van der Waals surface area contributed by atoms with Crippen LogP contribution in [0.15, 0.2) is 35.4 Å². The van der Waals surface area contributed by atoms with Gasteiger partial charge in [0, 0.05) is 18.1 Å². The largest absolute Gasteiger partial charge is 0.374 e. The Balaban J connectivity index is 1.88. The number of nitrogens with two attached hydrogens (primary N) is 1. The second kappa shape index (κ2) is 7.07. The molecule has 1 saturated carbocycles. The van der Waals surface area contributed by atoms with Crippen LogP contribution in [-0.4, -0.2) is 29.6 Å². The quantitative estimate of drug-likeness (QED) is 0.629. The molecule has 0 aliphatic heterocycles. The average molecular weight is 375 g/mol. The highest BCUT2D eigenvalue weighted by Gasteiger charge is 2.33. The zero-order valence-electron chi connectivity index (χ0n) is 14.3. The van der Waals surface area contributed by atoms with Crippen molar-refractivity contribution in [3.8, 4) is 6.07 Å². The van der Waals surface area contributed by atoms with Crippen molar-refractivity contribution in [1.82, 2.24) is 9.78 Å². The van der Waals surface area contributed by atoms with E-state index in [1.807, 2.05) is 0 Å². The van der Waals surface area contributed by atoms with E-state index >= 15 is 0 Å². The molecule has 3 rings (SSSR count). The Morgan fingerprint density at radius 3 is 2.58 bits per heavy atom. The fourth-order valence-electron chi connectivity index (χ4n) is 2.86. The predicted molar refractivity (Wildman–Crippen MR) is 96.2 cm³/mol. The monoisotopic (exact) mass is 375 g/mol. The Morgan fingerprint density at radius 2 is 2.08 bits per heavy atom. The van der Waals surface area contributed by atoms with Crippen LogP contribution in [0.1, 0.15) is 37.1 Å². The number of hydrogen-bond donors (Lipinski definition) is 3. The van der Waals surface area contributed by atoms with Gasteiger partial charge in [0.15, 0.2) is 15.7 Å². The van der Waals surface area contributed by atoms with Gasteiger partial charge in [0.1, 0.15) is 6.23 Å². The Hall–Kier alpha value is -2.41. The molecular formula is C17H21N5O3S. The molecule has 1 aromatic carbocycles. The van der Waals surface area contributed by atoms with Crippen LogP contribution >= 0.6 is 0 Å². The number of nitriles is 1. The number of nitrogens with one attached hydrogen (secondary N) is 1. The molecule has 26 heavy (non-hydrogen) atoms. The summed E-state index contributed by atoms with van der Waals surface area (Å²) in [5.74, 6) is 0.801. The van der Waals surface area contributed by atoms with Gasteiger partial charge in [-0.25, -0.2) is 8.42 Å². The van der Waals surface area contributed by atoms with E-state index in [9.17, 15) is 13.5 Å². The summed E-state index contributed by atoms with van der Waals surface area (Å²) >= 11 is 0. The van der Waals surface area contributed by atoms with Gasteiger partial charge in [0.05, 0.1) is 29.0 Å². The minimum absolute atomic E-state index is 0.0411. The molecule has 1 fully saturated rings. The number of aliphatic hydroxyl groups is 1. The molecule has 9 heteroatoms. The standard InChI is InChI=1S/C17H21N5O3S/c1-26(24,25)13-6-4-12(5-7-13)20-17-14(16(19)23)10-22(21-17)15(8-9-18)11-2-3-11/h4-7,10-11,15-16,23H,2-3,8,19H2,1H3,(H,20,21). The molecule has 8 nitrogen and oxygen atoms in total. The first-order chi connectivity index (χ1) is 12.3. The van der Waals surface area contributed by atoms with E-state index in [1.54, 1.807) is 23.0 Å². The molecule has 0 amide bonds. The number of sulfone groups is 1.